The molecule has 1 N–H and O–H groups in total. The van der Waals surface area contributed by atoms with Gasteiger partial charge in [-0.15, -0.1) is 10.2 Å². The smallest absolute Gasteiger partial charge is 0.292 e. The summed E-state index contributed by atoms with van der Waals surface area (Å²) in [5, 5.41) is 14.4. The lowest BCUT2D eigenvalue weighted by atomic mass is 10.0. The number of unbranched alkanes of at least 4 members (excludes halogenated alkanes) is 1. The number of imidazole rings is 1. The number of H-pyrrole nitrogens is 1. The van der Waals surface area contributed by atoms with Gasteiger partial charge in [-0.25, -0.2) is 4.79 Å². The highest BCUT2D eigenvalue weighted by Crippen LogP contribution is 2.29. The summed E-state index contributed by atoms with van der Waals surface area (Å²) in [7, 11) is 0. The van der Waals surface area contributed by atoms with Gasteiger partial charge in [-0.1, -0.05) is 49.7 Å². The largest absolute Gasteiger partial charge is 0.333 e. The van der Waals surface area contributed by atoms with E-state index in [-0.39, 0.29) is 5.69 Å². The first-order valence-corrected chi connectivity index (χ1v) is 12.3. The molecule has 9 heteroatoms. The number of rotatable bonds is 8. The number of hydrogen-bond acceptors (Lipinski definition) is 5. The third-order valence-corrected chi connectivity index (χ3v) is 6.64. The lowest BCUT2D eigenvalue weighted by Gasteiger charge is -2.10. The lowest BCUT2D eigenvalue weighted by molar-refractivity contribution is 0.674. The number of nitrogens with one attached hydrogen (secondary N) is 1. The van der Waals surface area contributed by atoms with Crippen LogP contribution in [0.15, 0.2) is 82.5 Å². The minimum atomic E-state index is -0.0428. The van der Waals surface area contributed by atoms with Crippen LogP contribution in [0.2, 0.25) is 0 Å². The van der Waals surface area contributed by atoms with E-state index in [1.54, 1.807) is 17.0 Å². The molecule has 8 nitrogen and oxygen atoms in total. The van der Waals surface area contributed by atoms with Gasteiger partial charge in [0.1, 0.15) is 0 Å². The van der Waals surface area contributed by atoms with Crippen molar-refractivity contribution in [2.24, 2.45) is 0 Å². The van der Waals surface area contributed by atoms with E-state index in [1.807, 2.05) is 65.4 Å². The van der Waals surface area contributed by atoms with E-state index in [0.717, 1.165) is 57.4 Å². The first-order valence-electron chi connectivity index (χ1n) is 11.5. The minimum Gasteiger partial charge on any atom is -0.292 e. The Morgan fingerprint density at radius 2 is 1.86 bits per heavy atom. The molecule has 0 bridgehead atoms. The number of halogens is 1. The average Bonchev–Trinajstić information content (AvgIpc) is 3.53. The Morgan fingerprint density at radius 1 is 1.03 bits per heavy atom. The molecule has 0 fully saturated rings. The number of para-hydroxylation sites is 1. The Morgan fingerprint density at radius 3 is 2.60 bits per heavy atom. The molecule has 0 aliphatic rings. The predicted molar refractivity (Wildman–Crippen MR) is 138 cm³/mol. The second-order valence-corrected chi connectivity index (χ2v) is 9.12. The highest BCUT2D eigenvalue weighted by molar-refractivity contribution is 9.10. The lowest BCUT2D eigenvalue weighted by Crippen LogP contribution is -2.25. The van der Waals surface area contributed by atoms with Gasteiger partial charge in [-0.05, 0) is 63.3 Å². The first-order chi connectivity index (χ1) is 17.2. The van der Waals surface area contributed by atoms with Crippen molar-refractivity contribution in [2.45, 2.75) is 32.7 Å². The summed E-state index contributed by atoms with van der Waals surface area (Å²) >= 11 is 3.58. The van der Waals surface area contributed by atoms with Crippen LogP contribution in [0.3, 0.4) is 0 Å². The maximum atomic E-state index is 13.4. The summed E-state index contributed by atoms with van der Waals surface area (Å²) in [5.41, 5.74) is 5.64. The number of aromatic nitrogens is 7. The summed E-state index contributed by atoms with van der Waals surface area (Å²) in [4.78, 5) is 17.7. The zero-order valence-corrected chi connectivity index (χ0v) is 20.8. The number of aryl methyl sites for hydroxylation is 1. The zero-order chi connectivity index (χ0) is 24.2. The van der Waals surface area contributed by atoms with Crippen LogP contribution in [0.1, 0.15) is 31.0 Å². The molecular weight excluding hydrogens is 506 g/mol. The fourth-order valence-corrected chi connectivity index (χ4v) is 4.62. The first kappa shape index (κ1) is 22.9. The molecule has 5 rings (SSSR count). The van der Waals surface area contributed by atoms with Gasteiger partial charge in [-0.2, -0.15) is 5.21 Å². The van der Waals surface area contributed by atoms with Crippen molar-refractivity contribution in [1.29, 1.82) is 0 Å². The number of nitrogens with zero attached hydrogens (tertiary/aromatic N) is 6. The maximum Gasteiger partial charge on any atom is 0.333 e. The van der Waals surface area contributed by atoms with E-state index in [9.17, 15) is 4.79 Å². The highest BCUT2D eigenvalue weighted by Gasteiger charge is 2.15. The van der Waals surface area contributed by atoms with Crippen molar-refractivity contribution in [2.75, 3.05) is 0 Å². The average molecular weight is 530 g/mol. The summed E-state index contributed by atoms with van der Waals surface area (Å²) in [6.45, 7) is 2.66. The van der Waals surface area contributed by atoms with Crippen LogP contribution in [0.4, 0.5) is 0 Å². The van der Waals surface area contributed by atoms with E-state index in [1.165, 1.54) is 0 Å². The second kappa shape index (κ2) is 10.2. The monoisotopic (exact) mass is 529 g/mol. The van der Waals surface area contributed by atoms with Crippen molar-refractivity contribution in [1.82, 2.24) is 34.7 Å². The quantitative estimate of drug-likeness (QED) is 0.304. The van der Waals surface area contributed by atoms with Gasteiger partial charge in [-0.3, -0.25) is 14.1 Å². The van der Waals surface area contributed by atoms with E-state index in [2.05, 4.69) is 48.5 Å². The van der Waals surface area contributed by atoms with E-state index in [0.29, 0.717) is 12.4 Å². The van der Waals surface area contributed by atoms with E-state index < -0.39 is 0 Å². The molecule has 0 saturated carbocycles. The SMILES string of the molecule is CCCCc1cn(-c2ccccc2Br)c(=O)n1Cc1ccc(-c2cnccc2-c2nn[nH]n2)cc1. The van der Waals surface area contributed by atoms with E-state index in [4.69, 9.17) is 0 Å². The number of hydrogen-bond donors (Lipinski definition) is 1. The molecule has 0 radical (unpaired) electrons. The van der Waals surface area contributed by atoms with Gasteiger partial charge >= 0.3 is 5.69 Å². The third-order valence-electron chi connectivity index (χ3n) is 5.97. The summed E-state index contributed by atoms with van der Waals surface area (Å²) < 4.78 is 4.49. The van der Waals surface area contributed by atoms with Crippen LogP contribution in [-0.4, -0.2) is 34.7 Å². The van der Waals surface area contributed by atoms with Crippen LogP contribution in [0.25, 0.3) is 28.2 Å². The summed E-state index contributed by atoms with van der Waals surface area (Å²) in [6.07, 6.45) is 8.43. The van der Waals surface area contributed by atoms with Crippen molar-refractivity contribution in [3.8, 4) is 28.2 Å². The van der Waals surface area contributed by atoms with Crippen LogP contribution in [-0.2, 0) is 13.0 Å². The molecule has 0 aliphatic carbocycles. The molecule has 0 spiro atoms. The molecule has 2 aromatic carbocycles. The molecule has 5 aromatic rings. The van der Waals surface area contributed by atoms with Crippen LogP contribution in [0, 0.1) is 0 Å². The molecule has 3 aromatic heterocycles. The molecule has 0 unspecified atom stereocenters. The molecule has 176 valence electrons. The van der Waals surface area contributed by atoms with Crippen LogP contribution >= 0.6 is 15.9 Å². The normalized spacial score (nSPS) is 11.1. The molecule has 0 amide bonds. The van der Waals surface area contributed by atoms with Crippen molar-refractivity contribution >= 4 is 15.9 Å². The molecule has 0 atom stereocenters. The molecule has 3 heterocycles. The highest BCUT2D eigenvalue weighted by atomic mass is 79.9. The van der Waals surface area contributed by atoms with Gasteiger partial charge in [0.2, 0.25) is 5.82 Å². The fourth-order valence-electron chi connectivity index (χ4n) is 4.14. The number of aromatic amines is 1. The Bertz CT molecular complexity index is 1490. The maximum absolute atomic E-state index is 13.4. The fraction of sp³-hybridized carbons (Fsp3) is 0.192. The standard InChI is InChI=1S/C26H24BrN7O/c1-2-3-6-20-17-34(24-8-5-4-7-23(24)27)26(35)33(20)16-18-9-11-19(12-10-18)22-15-28-14-13-21(22)25-29-31-32-30-25/h4-5,7-15,17H,2-3,6,16H2,1H3,(H,29,30,31,32). The topological polar surface area (TPSA) is 94.3 Å². The summed E-state index contributed by atoms with van der Waals surface area (Å²) in [6, 6.07) is 17.8. The Kier molecular flexibility index (Phi) is 6.67. The van der Waals surface area contributed by atoms with Crippen molar-refractivity contribution < 1.29 is 0 Å². The number of tetrazole rings is 1. The van der Waals surface area contributed by atoms with E-state index >= 15 is 0 Å². The Labute approximate surface area is 210 Å². The van der Waals surface area contributed by atoms with Gasteiger partial charge in [0.05, 0.1) is 12.2 Å². The van der Waals surface area contributed by atoms with Crippen LogP contribution < -0.4 is 5.69 Å². The molecule has 35 heavy (non-hydrogen) atoms. The predicted octanol–water partition coefficient (Wildman–Crippen LogP) is 5.03. The molecular formula is C26H24BrN7O. The molecule has 0 saturated heterocycles. The third kappa shape index (κ3) is 4.72. The van der Waals surface area contributed by atoms with Gasteiger partial charge < -0.3 is 0 Å². The van der Waals surface area contributed by atoms with Crippen molar-refractivity contribution in [3.63, 3.8) is 0 Å². The van der Waals surface area contributed by atoms with Gasteiger partial charge in [0.25, 0.3) is 0 Å². The Balaban J connectivity index is 1.47. The number of benzene rings is 2. The second-order valence-electron chi connectivity index (χ2n) is 8.27. The summed E-state index contributed by atoms with van der Waals surface area (Å²) in [5.74, 6) is 0.520. The van der Waals surface area contributed by atoms with Gasteiger partial charge in [0, 0.05) is 39.9 Å². The number of pyridine rings is 1. The van der Waals surface area contributed by atoms with Crippen molar-refractivity contribution in [3.05, 3.63) is 99.4 Å². The zero-order valence-electron chi connectivity index (χ0n) is 19.2. The molecule has 0 aliphatic heterocycles. The van der Waals surface area contributed by atoms with Crippen LogP contribution in [0.5, 0.6) is 0 Å². The minimum absolute atomic E-state index is 0.0428. The van der Waals surface area contributed by atoms with Gasteiger partial charge in [0.15, 0.2) is 0 Å². The Hall–Kier alpha value is -3.85.